The lowest BCUT2D eigenvalue weighted by molar-refractivity contribution is 0.565. The zero-order valence-electron chi connectivity index (χ0n) is 34.7. The minimum absolute atomic E-state index is 1.13. The van der Waals surface area contributed by atoms with E-state index in [1.807, 2.05) is 0 Å². The van der Waals surface area contributed by atoms with Crippen LogP contribution in [-0.2, 0) is 6.42 Å². The number of rotatable bonds is 20. The Balaban J connectivity index is 0.959. The summed E-state index contributed by atoms with van der Waals surface area (Å²) in [7, 11) is 0. The van der Waals surface area contributed by atoms with E-state index in [0.29, 0.717) is 0 Å². The van der Waals surface area contributed by atoms with E-state index >= 15 is 0 Å². The normalized spacial score (nSPS) is 11.3. The van der Waals surface area contributed by atoms with Gasteiger partial charge in [0.1, 0.15) is 0 Å². The van der Waals surface area contributed by atoms with Gasteiger partial charge in [0.15, 0.2) is 0 Å². The van der Waals surface area contributed by atoms with E-state index in [1.165, 1.54) is 91.4 Å². The molecule has 2 nitrogen and oxygen atoms in total. The van der Waals surface area contributed by atoms with Crippen LogP contribution in [0.4, 0.5) is 34.1 Å². The van der Waals surface area contributed by atoms with Gasteiger partial charge in [-0.2, -0.15) is 0 Å². The Kier molecular flexibility index (Phi) is 15.2. The van der Waals surface area contributed by atoms with Gasteiger partial charge in [-0.1, -0.05) is 198 Å². The Hall–Kier alpha value is -6.38. The molecule has 0 saturated carbocycles. The molecule has 0 bridgehead atoms. The highest BCUT2D eigenvalue weighted by Gasteiger charge is 2.13. The number of anilines is 6. The van der Waals surface area contributed by atoms with Crippen molar-refractivity contribution < 1.29 is 0 Å². The van der Waals surface area contributed by atoms with E-state index in [1.54, 1.807) is 0 Å². The standard InChI is InChI=1S/C57H58N2/c1-2-3-4-5-6-7-8-9-13-21-51-22-20-29-57(46-51)59(54-27-18-12-19-28-54)56-44-40-50(41-45-56)37-35-48-32-30-47(31-33-48)34-36-49-38-42-55(43-39-49)58(52-23-14-10-15-24-52)53-25-16-11-17-26-53/h10-12,14-20,22-46H,2-9,13,21H2,1H3/b36-34+,37-35+. The third kappa shape index (κ3) is 12.1. The van der Waals surface area contributed by atoms with Crippen molar-refractivity contribution in [2.24, 2.45) is 0 Å². The first kappa shape index (κ1) is 40.8. The Morgan fingerprint density at radius 2 is 0.627 bits per heavy atom. The van der Waals surface area contributed by atoms with Gasteiger partial charge >= 0.3 is 0 Å². The largest absolute Gasteiger partial charge is 0.311 e. The molecule has 0 fully saturated rings. The van der Waals surface area contributed by atoms with E-state index in [2.05, 4.69) is 229 Å². The molecule has 0 aromatic heterocycles. The lowest BCUT2D eigenvalue weighted by atomic mass is 10.0. The van der Waals surface area contributed by atoms with Crippen molar-refractivity contribution in [3.8, 4) is 0 Å². The van der Waals surface area contributed by atoms with Crippen LogP contribution in [0, 0.1) is 0 Å². The average molecular weight is 771 g/mol. The molecule has 296 valence electrons. The molecule has 7 aromatic rings. The van der Waals surface area contributed by atoms with Crippen LogP contribution in [0.5, 0.6) is 0 Å². The molecule has 7 aromatic carbocycles. The highest BCUT2D eigenvalue weighted by atomic mass is 15.1. The maximum Gasteiger partial charge on any atom is 0.0464 e. The molecule has 0 aliphatic carbocycles. The van der Waals surface area contributed by atoms with Crippen LogP contribution in [0.2, 0.25) is 0 Å². The second kappa shape index (κ2) is 22.0. The average Bonchev–Trinajstić information content (AvgIpc) is 3.30. The molecule has 0 atom stereocenters. The van der Waals surface area contributed by atoms with Gasteiger partial charge in [-0.15, -0.1) is 0 Å². The second-order valence-corrected chi connectivity index (χ2v) is 15.4. The number of benzene rings is 7. The summed E-state index contributed by atoms with van der Waals surface area (Å²) in [5.41, 5.74) is 13.0. The van der Waals surface area contributed by atoms with E-state index < -0.39 is 0 Å². The molecular formula is C57H58N2. The molecule has 2 heteroatoms. The van der Waals surface area contributed by atoms with Crippen LogP contribution in [0.3, 0.4) is 0 Å². The summed E-state index contributed by atoms with van der Waals surface area (Å²) in [5.74, 6) is 0. The quantitative estimate of drug-likeness (QED) is 0.0563. The fourth-order valence-corrected chi connectivity index (χ4v) is 7.69. The molecule has 0 aliphatic rings. The molecule has 0 saturated heterocycles. The molecule has 0 radical (unpaired) electrons. The Labute approximate surface area is 353 Å². The van der Waals surface area contributed by atoms with E-state index in [0.717, 1.165) is 34.7 Å². The molecule has 59 heavy (non-hydrogen) atoms. The Bertz CT molecular complexity index is 2270. The summed E-state index contributed by atoms with van der Waals surface area (Å²) in [4.78, 5) is 4.66. The van der Waals surface area contributed by atoms with E-state index in [4.69, 9.17) is 0 Å². The lowest BCUT2D eigenvalue weighted by Gasteiger charge is -2.26. The maximum absolute atomic E-state index is 2.38. The fraction of sp³-hybridized carbons (Fsp3) is 0.193. The molecule has 0 unspecified atom stereocenters. The van der Waals surface area contributed by atoms with Crippen molar-refractivity contribution in [3.05, 3.63) is 216 Å². The predicted molar refractivity (Wildman–Crippen MR) is 257 cm³/mol. The zero-order valence-corrected chi connectivity index (χ0v) is 34.7. The van der Waals surface area contributed by atoms with Gasteiger partial charge in [0.05, 0.1) is 0 Å². The van der Waals surface area contributed by atoms with Crippen molar-refractivity contribution in [1.29, 1.82) is 0 Å². The summed E-state index contributed by atoms with van der Waals surface area (Å²) >= 11 is 0. The van der Waals surface area contributed by atoms with Gasteiger partial charge < -0.3 is 9.80 Å². The number of hydrogen-bond acceptors (Lipinski definition) is 2. The van der Waals surface area contributed by atoms with Crippen molar-refractivity contribution in [2.75, 3.05) is 9.80 Å². The van der Waals surface area contributed by atoms with Crippen LogP contribution in [0.15, 0.2) is 188 Å². The molecule has 7 rings (SSSR count). The maximum atomic E-state index is 2.38. The first-order chi connectivity index (χ1) is 29.2. The topological polar surface area (TPSA) is 6.48 Å². The first-order valence-electron chi connectivity index (χ1n) is 21.7. The first-order valence-corrected chi connectivity index (χ1v) is 21.7. The molecule has 0 amide bonds. The van der Waals surface area contributed by atoms with Crippen molar-refractivity contribution in [1.82, 2.24) is 0 Å². The minimum Gasteiger partial charge on any atom is -0.311 e. The third-order valence-corrected chi connectivity index (χ3v) is 11.0. The van der Waals surface area contributed by atoms with Crippen LogP contribution < -0.4 is 9.80 Å². The number of nitrogens with zero attached hydrogens (tertiary/aromatic N) is 2. The summed E-state index contributed by atoms with van der Waals surface area (Å²) in [5, 5.41) is 0. The van der Waals surface area contributed by atoms with Gasteiger partial charge in [0, 0.05) is 34.1 Å². The monoisotopic (exact) mass is 770 g/mol. The van der Waals surface area contributed by atoms with Crippen LogP contribution >= 0.6 is 0 Å². The number of para-hydroxylation sites is 3. The van der Waals surface area contributed by atoms with Crippen LogP contribution in [0.25, 0.3) is 24.3 Å². The number of hydrogen-bond donors (Lipinski definition) is 0. The highest BCUT2D eigenvalue weighted by Crippen LogP contribution is 2.36. The van der Waals surface area contributed by atoms with Gasteiger partial charge in [0.25, 0.3) is 0 Å². The number of aryl methyl sites for hydroxylation is 1. The molecular weight excluding hydrogens is 713 g/mol. The summed E-state index contributed by atoms with van der Waals surface area (Å²) in [6.07, 6.45) is 22.1. The van der Waals surface area contributed by atoms with Crippen LogP contribution in [0.1, 0.15) is 92.5 Å². The minimum atomic E-state index is 1.13. The lowest BCUT2D eigenvalue weighted by Crippen LogP contribution is -2.10. The van der Waals surface area contributed by atoms with Crippen LogP contribution in [-0.4, -0.2) is 0 Å². The van der Waals surface area contributed by atoms with Gasteiger partial charge in [0.2, 0.25) is 0 Å². The molecule has 0 N–H and O–H groups in total. The van der Waals surface area contributed by atoms with Gasteiger partial charge in [-0.25, -0.2) is 0 Å². The summed E-state index contributed by atoms with van der Waals surface area (Å²) in [6, 6.07) is 67.3. The third-order valence-electron chi connectivity index (χ3n) is 11.0. The SMILES string of the molecule is CCCCCCCCCCCc1cccc(N(c2ccccc2)c2ccc(/C=C/c3ccc(/C=C/c4ccc(N(c5ccccc5)c5ccccc5)cc4)cc3)cc2)c1. The fourth-order valence-electron chi connectivity index (χ4n) is 7.69. The predicted octanol–water partition coefficient (Wildman–Crippen LogP) is 17.0. The van der Waals surface area contributed by atoms with Gasteiger partial charge in [-0.05, 0) is 113 Å². The van der Waals surface area contributed by atoms with Gasteiger partial charge in [-0.3, -0.25) is 0 Å². The molecule has 0 aliphatic heterocycles. The highest BCUT2D eigenvalue weighted by molar-refractivity contribution is 5.80. The van der Waals surface area contributed by atoms with E-state index in [-0.39, 0.29) is 0 Å². The Morgan fingerprint density at radius 1 is 0.305 bits per heavy atom. The summed E-state index contributed by atoms with van der Waals surface area (Å²) in [6.45, 7) is 2.29. The zero-order chi connectivity index (χ0) is 40.3. The van der Waals surface area contributed by atoms with Crippen molar-refractivity contribution in [3.63, 3.8) is 0 Å². The molecule has 0 spiro atoms. The Morgan fingerprint density at radius 3 is 1.03 bits per heavy atom. The van der Waals surface area contributed by atoms with E-state index in [9.17, 15) is 0 Å². The van der Waals surface area contributed by atoms with Crippen molar-refractivity contribution >= 4 is 58.4 Å². The summed E-state index contributed by atoms with van der Waals surface area (Å²) < 4.78 is 0. The molecule has 0 heterocycles. The number of unbranched alkanes of at least 4 members (excludes halogenated alkanes) is 8. The smallest absolute Gasteiger partial charge is 0.0464 e. The second-order valence-electron chi connectivity index (χ2n) is 15.4. The van der Waals surface area contributed by atoms with Crippen molar-refractivity contribution in [2.45, 2.75) is 71.1 Å².